The van der Waals surface area contributed by atoms with Crippen LogP contribution in [-0.2, 0) is 14.3 Å². The van der Waals surface area contributed by atoms with E-state index in [1.807, 2.05) is 0 Å². The molecular weight excluding hydrogens is 851 g/mol. The van der Waals surface area contributed by atoms with Crippen molar-refractivity contribution in [2.75, 3.05) is 6.61 Å². The Balaban J connectivity index is 4.67. The Bertz CT molecular complexity index is 1350. The number of esters is 1. The third-order valence-corrected chi connectivity index (χ3v) is 12.7. The van der Waals surface area contributed by atoms with Crippen molar-refractivity contribution in [3.8, 4) is 0 Å². The monoisotopic (exact) mass is 960 g/mol. The van der Waals surface area contributed by atoms with Gasteiger partial charge in [-0.2, -0.15) is 0 Å². The van der Waals surface area contributed by atoms with Gasteiger partial charge in [-0.1, -0.05) is 253 Å². The highest BCUT2D eigenvalue weighted by Gasteiger charge is 2.24. The predicted octanol–water partition coefficient (Wildman–Crippen LogP) is 18.1. The molecule has 0 aliphatic carbocycles. The fourth-order valence-corrected chi connectivity index (χ4v) is 8.36. The molecule has 0 saturated heterocycles. The second-order valence-corrected chi connectivity index (χ2v) is 19.3. The summed E-state index contributed by atoms with van der Waals surface area (Å²) in [5.41, 5.74) is 0. The maximum atomic E-state index is 13.3. The smallest absolute Gasteiger partial charge is 0.306 e. The lowest BCUT2D eigenvalue weighted by Crippen LogP contribution is -2.46. The van der Waals surface area contributed by atoms with Crippen LogP contribution < -0.4 is 5.32 Å². The molecule has 0 aromatic rings. The van der Waals surface area contributed by atoms with E-state index in [1.165, 1.54) is 109 Å². The molecule has 3 N–H and O–H groups in total. The van der Waals surface area contributed by atoms with Crippen LogP contribution in [0, 0.1) is 0 Å². The minimum Gasteiger partial charge on any atom is -0.462 e. The number of aliphatic hydroxyl groups excluding tert-OH is 2. The molecule has 0 bridgehead atoms. The van der Waals surface area contributed by atoms with Crippen molar-refractivity contribution >= 4 is 11.9 Å². The van der Waals surface area contributed by atoms with E-state index in [0.29, 0.717) is 19.3 Å². The molecule has 0 aliphatic rings. The van der Waals surface area contributed by atoms with Crippen LogP contribution in [0.2, 0.25) is 0 Å². The van der Waals surface area contributed by atoms with E-state index in [0.717, 1.165) is 109 Å². The molecule has 6 heteroatoms. The van der Waals surface area contributed by atoms with E-state index in [2.05, 4.69) is 123 Å². The molecule has 0 aliphatic heterocycles. The molecule has 0 aromatic heterocycles. The van der Waals surface area contributed by atoms with E-state index in [9.17, 15) is 19.8 Å². The summed E-state index contributed by atoms with van der Waals surface area (Å²) in [6.45, 7) is 6.26. The normalized spacial score (nSPS) is 13.9. The van der Waals surface area contributed by atoms with Crippen molar-refractivity contribution < 1.29 is 24.5 Å². The molecule has 0 fully saturated rings. The molecule has 6 nitrogen and oxygen atoms in total. The molecular formula is C63H109NO5. The molecule has 0 spiro atoms. The van der Waals surface area contributed by atoms with Gasteiger partial charge in [0.15, 0.2) is 0 Å². The van der Waals surface area contributed by atoms with E-state index in [4.69, 9.17) is 4.74 Å². The number of carbonyl (C=O) groups excluding carboxylic acids is 2. The van der Waals surface area contributed by atoms with Gasteiger partial charge in [-0.25, -0.2) is 0 Å². The van der Waals surface area contributed by atoms with Crippen LogP contribution in [0.4, 0.5) is 0 Å². The Morgan fingerprint density at radius 3 is 1.22 bits per heavy atom. The predicted molar refractivity (Wildman–Crippen MR) is 300 cm³/mol. The van der Waals surface area contributed by atoms with Crippen molar-refractivity contribution in [2.24, 2.45) is 0 Å². The number of ether oxygens (including phenoxy) is 1. The lowest BCUT2D eigenvalue weighted by atomic mass is 10.0. The third-order valence-electron chi connectivity index (χ3n) is 12.7. The van der Waals surface area contributed by atoms with Crippen molar-refractivity contribution in [1.29, 1.82) is 0 Å². The van der Waals surface area contributed by atoms with Crippen LogP contribution in [0.3, 0.4) is 0 Å². The first-order valence-corrected chi connectivity index (χ1v) is 29.0. The fourth-order valence-electron chi connectivity index (χ4n) is 8.36. The number of carbonyl (C=O) groups is 2. The van der Waals surface area contributed by atoms with Gasteiger partial charge in [0, 0.05) is 6.42 Å². The second kappa shape index (κ2) is 55.7. The highest BCUT2D eigenvalue weighted by Crippen LogP contribution is 2.17. The third kappa shape index (κ3) is 51.0. The fraction of sp³-hybridized carbons (Fsp3) is 0.714. The molecule has 3 unspecified atom stereocenters. The number of unbranched alkanes of at least 4 members (excludes halogenated alkanes) is 23. The quantitative estimate of drug-likeness (QED) is 0.0321. The topological polar surface area (TPSA) is 95.9 Å². The zero-order valence-electron chi connectivity index (χ0n) is 45.2. The van der Waals surface area contributed by atoms with Gasteiger partial charge in [0.2, 0.25) is 5.91 Å². The summed E-state index contributed by atoms with van der Waals surface area (Å²) in [6.07, 6.45) is 74.7. The van der Waals surface area contributed by atoms with Crippen LogP contribution in [0.1, 0.15) is 265 Å². The average Bonchev–Trinajstić information content (AvgIpc) is 3.34. The average molecular weight is 961 g/mol. The van der Waals surface area contributed by atoms with E-state index < -0.39 is 18.2 Å². The summed E-state index contributed by atoms with van der Waals surface area (Å²) in [6, 6.07) is -0.729. The number of allylic oxidation sites excluding steroid dienone is 16. The van der Waals surface area contributed by atoms with Gasteiger partial charge < -0.3 is 20.3 Å². The first-order valence-electron chi connectivity index (χ1n) is 29.0. The van der Waals surface area contributed by atoms with Gasteiger partial charge in [0.05, 0.1) is 25.2 Å². The first-order chi connectivity index (χ1) is 34.0. The molecule has 0 rings (SSSR count). The molecule has 0 heterocycles. The van der Waals surface area contributed by atoms with E-state index in [1.54, 1.807) is 0 Å². The van der Waals surface area contributed by atoms with Crippen molar-refractivity contribution in [3.05, 3.63) is 97.2 Å². The Kier molecular flexibility index (Phi) is 53.1. The van der Waals surface area contributed by atoms with Gasteiger partial charge >= 0.3 is 5.97 Å². The number of hydrogen-bond acceptors (Lipinski definition) is 5. The number of rotatable bonds is 51. The summed E-state index contributed by atoms with van der Waals surface area (Å²) in [5, 5.41) is 23.9. The zero-order chi connectivity index (χ0) is 50.2. The Hall–Kier alpha value is -3.22. The summed E-state index contributed by atoms with van der Waals surface area (Å²) in [7, 11) is 0. The van der Waals surface area contributed by atoms with Gasteiger partial charge in [-0.15, -0.1) is 0 Å². The number of hydrogen-bond donors (Lipinski definition) is 3. The maximum absolute atomic E-state index is 13.3. The zero-order valence-corrected chi connectivity index (χ0v) is 45.2. The van der Waals surface area contributed by atoms with Crippen LogP contribution in [0.15, 0.2) is 97.2 Å². The van der Waals surface area contributed by atoms with Crippen LogP contribution in [-0.4, -0.2) is 46.9 Å². The van der Waals surface area contributed by atoms with Crippen LogP contribution >= 0.6 is 0 Å². The SMILES string of the molecule is CC/C=C\C/C=C\C/C=C\C/C=C\C/C=C\CCCC(CC(=O)NC(CO)C(O)CCCCCCCCCCCCCCCCCCC)OC(=O)CCCCCCCC/C=C/C/C=C/C/C=C/CC. The van der Waals surface area contributed by atoms with Crippen molar-refractivity contribution in [1.82, 2.24) is 5.32 Å². The second-order valence-electron chi connectivity index (χ2n) is 19.3. The highest BCUT2D eigenvalue weighted by atomic mass is 16.5. The number of nitrogens with one attached hydrogen (secondary N) is 1. The molecule has 0 radical (unpaired) electrons. The van der Waals surface area contributed by atoms with Gasteiger partial charge in [-0.05, 0) is 96.3 Å². The van der Waals surface area contributed by atoms with Crippen molar-refractivity contribution in [3.63, 3.8) is 0 Å². The summed E-state index contributed by atoms with van der Waals surface area (Å²) >= 11 is 0. The Morgan fingerprint density at radius 1 is 0.435 bits per heavy atom. The van der Waals surface area contributed by atoms with E-state index in [-0.39, 0.29) is 24.9 Å². The standard InChI is InChI=1S/C63H109NO5/c1-4-7-10-13-16-19-22-25-28-31-33-36-39-42-45-48-51-54-59(69-63(68)56-53-50-47-44-41-38-35-30-27-24-21-18-15-12-9-6-3)57-62(67)64-60(58-65)61(66)55-52-49-46-43-40-37-34-32-29-26-23-20-17-14-11-8-5-2/h7,9-10,12,16,18-19,21,25,27-28,30,33,36,42,45,59-61,65-66H,4-6,8,11,13-15,17,20,22-24,26,29,31-32,34-35,37-41,43-44,46-58H2,1-3H3,(H,64,67)/b10-7-,12-9+,19-16-,21-18+,28-25-,30-27+,36-33-,45-42-. The molecule has 0 aromatic carbocycles. The van der Waals surface area contributed by atoms with Gasteiger partial charge in [0.1, 0.15) is 6.10 Å². The number of aliphatic hydroxyl groups is 2. The van der Waals surface area contributed by atoms with Gasteiger partial charge in [-0.3, -0.25) is 9.59 Å². The van der Waals surface area contributed by atoms with Gasteiger partial charge in [0.25, 0.3) is 0 Å². The number of amides is 1. The Morgan fingerprint density at radius 2 is 0.797 bits per heavy atom. The lowest BCUT2D eigenvalue weighted by molar-refractivity contribution is -0.151. The van der Waals surface area contributed by atoms with E-state index >= 15 is 0 Å². The molecule has 396 valence electrons. The lowest BCUT2D eigenvalue weighted by Gasteiger charge is -2.24. The molecule has 0 saturated carbocycles. The Labute approximate surface area is 426 Å². The molecule has 69 heavy (non-hydrogen) atoms. The largest absolute Gasteiger partial charge is 0.462 e. The minimum absolute atomic E-state index is 0.0286. The van der Waals surface area contributed by atoms with Crippen LogP contribution in [0.5, 0.6) is 0 Å². The van der Waals surface area contributed by atoms with Crippen LogP contribution in [0.25, 0.3) is 0 Å². The maximum Gasteiger partial charge on any atom is 0.306 e. The minimum atomic E-state index is -0.812. The summed E-state index contributed by atoms with van der Waals surface area (Å²) in [4.78, 5) is 26.3. The molecule has 3 atom stereocenters. The molecule has 1 amide bonds. The summed E-state index contributed by atoms with van der Waals surface area (Å²) in [5.74, 6) is -0.546. The highest BCUT2D eigenvalue weighted by molar-refractivity contribution is 5.77. The van der Waals surface area contributed by atoms with Crippen molar-refractivity contribution in [2.45, 2.75) is 283 Å². The first kappa shape index (κ1) is 65.8. The summed E-state index contributed by atoms with van der Waals surface area (Å²) < 4.78 is 5.93.